The number of hydrogen-bond donors (Lipinski definition) is 2. The van der Waals surface area contributed by atoms with Crippen molar-refractivity contribution >= 4 is 11.8 Å². The van der Waals surface area contributed by atoms with Gasteiger partial charge >= 0.3 is 0 Å². The summed E-state index contributed by atoms with van der Waals surface area (Å²) in [6.07, 6.45) is 1.24. The summed E-state index contributed by atoms with van der Waals surface area (Å²) in [6, 6.07) is -0.438. The lowest BCUT2D eigenvalue weighted by atomic mass is 10.2. The van der Waals surface area contributed by atoms with E-state index in [1.54, 1.807) is 18.9 Å². The lowest BCUT2D eigenvalue weighted by Gasteiger charge is -2.20. The fraction of sp³-hybridized carbons (Fsp3) is 0.818. The van der Waals surface area contributed by atoms with Crippen LogP contribution in [0.1, 0.15) is 26.7 Å². The summed E-state index contributed by atoms with van der Waals surface area (Å²) in [7, 11) is 3.58. The maximum Gasteiger partial charge on any atom is 0.244 e. The second-order valence-corrected chi connectivity index (χ2v) is 3.85. The Morgan fingerprint density at radius 2 is 2.00 bits per heavy atom. The van der Waals surface area contributed by atoms with Crippen molar-refractivity contribution in [1.82, 2.24) is 15.5 Å². The molecule has 0 aliphatic heterocycles. The Bertz CT molecular complexity index is 231. The minimum Gasteiger partial charge on any atom is -0.345 e. The highest BCUT2D eigenvalue weighted by Gasteiger charge is 2.17. The normalized spacial score (nSPS) is 12.0. The van der Waals surface area contributed by atoms with Crippen LogP contribution < -0.4 is 10.6 Å². The molecule has 2 N–H and O–H groups in total. The minimum absolute atomic E-state index is 0.0514. The van der Waals surface area contributed by atoms with Crippen LogP contribution in [-0.2, 0) is 9.59 Å². The lowest BCUT2D eigenvalue weighted by molar-refractivity contribution is -0.134. The molecule has 0 saturated carbocycles. The van der Waals surface area contributed by atoms with E-state index in [1.807, 2.05) is 14.0 Å². The van der Waals surface area contributed by atoms with E-state index in [9.17, 15) is 9.59 Å². The minimum atomic E-state index is -0.438. The van der Waals surface area contributed by atoms with Gasteiger partial charge in [-0.05, 0) is 33.9 Å². The Balaban J connectivity index is 3.89. The average molecular weight is 229 g/mol. The summed E-state index contributed by atoms with van der Waals surface area (Å²) in [5.41, 5.74) is 0. The number of carbonyl (C=O) groups is 2. The topological polar surface area (TPSA) is 61.4 Å². The second kappa shape index (κ2) is 8.10. The number of nitrogens with zero attached hydrogens (tertiary/aromatic N) is 1. The molecular weight excluding hydrogens is 206 g/mol. The molecule has 0 saturated heterocycles. The number of nitrogens with one attached hydrogen (secondary N) is 2. The third kappa shape index (κ3) is 5.70. The Labute approximate surface area is 97.6 Å². The largest absolute Gasteiger partial charge is 0.345 e. The SMILES string of the molecule is CCN(C)C(=O)C(C)NC(=O)CCCNC. The average Bonchev–Trinajstić information content (AvgIpc) is 2.27. The van der Waals surface area contributed by atoms with Crippen LogP contribution in [0.3, 0.4) is 0 Å². The molecule has 0 aliphatic rings. The Morgan fingerprint density at radius 3 is 2.50 bits per heavy atom. The van der Waals surface area contributed by atoms with E-state index in [2.05, 4.69) is 10.6 Å². The van der Waals surface area contributed by atoms with Crippen LogP contribution in [0.2, 0.25) is 0 Å². The summed E-state index contributed by atoms with van der Waals surface area (Å²) >= 11 is 0. The molecule has 94 valence electrons. The van der Waals surface area contributed by atoms with Crippen molar-refractivity contribution in [2.24, 2.45) is 0 Å². The molecule has 0 fully saturated rings. The standard InChI is InChI=1S/C11H23N3O2/c1-5-14(4)11(16)9(2)13-10(15)7-6-8-12-3/h9,12H,5-8H2,1-4H3,(H,13,15). The number of amides is 2. The second-order valence-electron chi connectivity index (χ2n) is 3.85. The fourth-order valence-corrected chi connectivity index (χ4v) is 1.29. The first-order valence-corrected chi connectivity index (χ1v) is 5.71. The molecule has 1 atom stereocenters. The van der Waals surface area contributed by atoms with Crippen LogP contribution in [0.25, 0.3) is 0 Å². The van der Waals surface area contributed by atoms with E-state index in [-0.39, 0.29) is 11.8 Å². The predicted octanol–water partition coefficient (Wildman–Crippen LogP) is -0.0310. The van der Waals surface area contributed by atoms with Crippen molar-refractivity contribution in [3.8, 4) is 0 Å². The highest BCUT2D eigenvalue weighted by molar-refractivity contribution is 5.87. The van der Waals surface area contributed by atoms with Crippen LogP contribution in [0, 0.1) is 0 Å². The third-order valence-electron chi connectivity index (χ3n) is 2.43. The zero-order valence-corrected chi connectivity index (χ0v) is 10.7. The van der Waals surface area contributed by atoms with Gasteiger partial charge in [0.25, 0.3) is 0 Å². The van der Waals surface area contributed by atoms with Crippen LogP contribution in [0.15, 0.2) is 0 Å². The molecule has 0 aromatic rings. The van der Waals surface area contributed by atoms with Gasteiger partial charge < -0.3 is 15.5 Å². The molecular formula is C11H23N3O2. The number of rotatable bonds is 7. The summed E-state index contributed by atoms with van der Waals surface area (Å²) in [6.45, 7) is 5.08. The van der Waals surface area contributed by atoms with Crippen molar-refractivity contribution in [3.05, 3.63) is 0 Å². The maximum atomic E-state index is 11.6. The van der Waals surface area contributed by atoms with Gasteiger partial charge in [0.2, 0.25) is 11.8 Å². The summed E-state index contributed by atoms with van der Waals surface area (Å²) < 4.78 is 0. The molecule has 16 heavy (non-hydrogen) atoms. The van der Waals surface area contributed by atoms with Gasteiger partial charge in [0, 0.05) is 20.0 Å². The van der Waals surface area contributed by atoms with Crippen LogP contribution in [0.5, 0.6) is 0 Å². The molecule has 0 aromatic heterocycles. The van der Waals surface area contributed by atoms with E-state index in [0.717, 1.165) is 13.0 Å². The van der Waals surface area contributed by atoms with Gasteiger partial charge in [-0.2, -0.15) is 0 Å². The van der Waals surface area contributed by atoms with E-state index < -0.39 is 6.04 Å². The first kappa shape index (κ1) is 14.9. The van der Waals surface area contributed by atoms with E-state index >= 15 is 0 Å². The molecule has 0 heterocycles. The molecule has 0 aromatic carbocycles. The van der Waals surface area contributed by atoms with Gasteiger partial charge in [-0.3, -0.25) is 9.59 Å². The Kier molecular flexibility index (Phi) is 7.54. The first-order valence-electron chi connectivity index (χ1n) is 5.71. The van der Waals surface area contributed by atoms with Crippen molar-refractivity contribution in [2.75, 3.05) is 27.2 Å². The Hall–Kier alpha value is -1.10. The molecule has 0 rings (SSSR count). The van der Waals surface area contributed by atoms with Gasteiger partial charge in [0.05, 0.1) is 0 Å². The molecule has 0 spiro atoms. The lowest BCUT2D eigenvalue weighted by Crippen LogP contribution is -2.45. The predicted molar refractivity (Wildman–Crippen MR) is 64.1 cm³/mol. The highest BCUT2D eigenvalue weighted by atomic mass is 16.2. The molecule has 0 aliphatic carbocycles. The van der Waals surface area contributed by atoms with Gasteiger partial charge in [0.1, 0.15) is 6.04 Å². The van der Waals surface area contributed by atoms with E-state index in [1.165, 1.54) is 0 Å². The summed E-state index contributed by atoms with van der Waals surface area (Å²) in [5, 5.41) is 5.67. The molecule has 0 bridgehead atoms. The van der Waals surface area contributed by atoms with E-state index in [0.29, 0.717) is 13.0 Å². The van der Waals surface area contributed by atoms with Crippen LogP contribution in [-0.4, -0.2) is 49.9 Å². The first-order chi connectivity index (χ1) is 7.52. The molecule has 5 nitrogen and oxygen atoms in total. The van der Waals surface area contributed by atoms with Crippen molar-refractivity contribution < 1.29 is 9.59 Å². The Morgan fingerprint density at radius 1 is 1.38 bits per heavy atom. The summed E-state index contributed by atoms with van der Waals surface area (Å²) in [5.74, 6) is -0.120. The molecule has 2 amide bonds. The van der Waals surface area contributed by atoms with Gasteiger partial charge in [0.15, 0.2) is 0 Å². The zero-order valence-electron chi connectivity index (χ0n) is 10.7. The van der Waals surface area contributed by atoms with Crippen molar-refractivity contribution in [3.63, 3.8) is 0 Å². The summed E-state index contributed by atoms with van der Waals surface area (Å²) in [4.78, 5) is 24.7. The quantitative estimate of drug-likeness (QED) is 0.603. The smallest absolute Gasteiger partial charge is 0.244 e. The van der Waals surface area contributed by atoms with Crippen LogP contribution in [0.4, 0.5) is 0 Å². The van der Waals surface area contributed by atoms with Crippen LogP contribution >= 0.6 is 0 Å². The zero-order chi connectivity index (χ0) is 12.6. The monoisotopic (exact) mass is 229 g/mol. The van der Waals surface area contributed by atoms with Gasteiger partial charge in [-0.1, -0.05) is 0 Å². The maximum absolute atomic E-state index is 11.6. The number of carbonyl (C=O) groups excluding carboxylic acids is 2. The number of likely N-dealkylation sites (N-methyl/N-ethyl adjacent to an activating group) is 1. The van der Waals surface area contributed by atoms with Crippen molar-refractivity contribution in [2.45, 2.75) is 32.7 Å². The molecule has 5 heteroatoms. The van der Waals surface area contributed by atoms with E-state index in [4.69, 9.17) is 0 Å². The van der Waals surface area contributed by atoms with Gasteiger partial charge in [-0.15, -0.1) is 0 Å². The molecule has 1 unspecified atom stereocenters. The fourth-order valence-electron chi connectivity index (χ4n) is 1.29. The van der Waals surface area contributed by atoms with Crippen molar-refractivity contribution in [1.29, 1.82) is 0 Å². The third-order valence-corrected chi connectivity index (χ3v) is 2.43. The number of hydrogen-bond acceptors (Lipinski definition) is 3. The molecule has 0 radical (unpaired) electrons. The highest BCUT2D eigenvalue weighted by Crippen LogP contribution is 1.94. The van der Waals surface area contributed by atoms with Gasteiger partial charge in [-0.25, -0.2) is 0 Å².